The Labute approximate surface area is 204 Å². The number of carbonyl (C=O) groups is 1. The van der Waals surface area contributed by atoms with E-state index >= 15 is 0 Å². The summed E-state index contributed by atoms with van der Waals surface area (Å²) < 4.78 is 0. The zero-order valence-electron chi connectivity index (χ0n) is 17.2. The Kier molecular flexibility index (Phi) is 11.8. The fraction of sp³-hybridized carbons (Fsp3) is 0.350. The summed E-state index contributed by atoms with van der Waals surface area (Å²) in [6.07, 6.45) is 2.32. The molecule has 0 fully saturated rings. The van der Waals surface area contributed by atoms with Crippen LogP contribution < -0.4 is 16.0 Å². The van der Waals surface area contributed by atoms with E-state index < -0.39 is 0 Å². The molecule has 0 saturated heterocycles. The van der Waals surface area contributed by atoms with Gasteiger partial charge in [0.15, 0.2) is 5.96 Å². The third kappa shape index (κ3) is 8.53. The van der Waals surface area contributed by atoms with Gasteiger partial charge in [0.1, 0.15) is 5.82 Å². The van der Waals surface area contributed by atoms with Gasteiger partial charge in [0, 0.05) is 52.5 Å². The number of carbonyl (C=O) groups excluding carboxylic acids is 1. The van der Waals surface area contributed by atoms with Crippen LogP contribution in [0.25, 0.3) is 0 Å². The average Bonchev–Trinajstić information content (AvgIpc) is 2.70. The number of rotatable bonds is 8. The van der Waals surface area contributed by atoms with Gasteiger partial charge >= 0.3 is 0 Å². The molecule has 0 aliphatic rings. The standard InChI is InChI=1S/C20H26Cl2N6O.HI/c1-23-20(26-10-9-24-18-17(22)12-16(21)13-27-18)25-8-7-14-5-4-6-15(11-14)19(29)28(2)3;/h4-6,11-13H,7-10H2,1-3H3,(H,24,27)(H2,23,25,26);1H. The lowest BCUT2D eigenvalue weighted by molar-refractivity contribution is 0.0827. The fourth-order valence-corrected chi connectivity index (χ4v) is 3.02. The molecule has 164 valence electrons. The van der Waals surface area contributed by atoms with Crippen LogP contribution >= 0.6 is 47.2 Å². The van der Waals surface area contributed by atoms with Crippen LogP contribution in [0.2, 0.25) is 10.0 Å². The highest BCUT2D eigenvalue weighted by atomic mass is 127. The summed E-state index contributed by atoms with van der Waals surface area (Å²) >= 11 is 11.9. The Morgan fingerprint density at radius 2 is 1.87 bits per heavy atom. The molecule has 0 radical (unpaired) electrons. The Morgan fingerprint density at radius 3 is 2.53 bits per heavy atom. The molecular weight excluding hydrogens is 538 g/mol. The molecular formula is C20H27Cl2IN6O. The minimum atomic E-state index is 0. The molecule has 2 aromatic rings. The number of hydrogen-bond donors (Lipinski definition) is 3. The molecule has 1 amide bonds. The van der Waals surface area contributed by atoms with Crippen LogP contribution in [0, 0.1) is 0 Å². The number of amides is 1. The summed E-state index contributed by atoms with van der Waals surface area (Å²) in [4.78, 5) is 22.0. The molecule has 0 atom stereocenters. The van der Waals surface area contributed by atoms with Crippen LogP contribution in [0.5, 0.6) is 0 Å². The molecule has 0 spiro atoms. The van der Waals surface area contributed by atoms with Crippen LogP contribution in [-0.2, 0) is 6.42 Å². The number of aliphatic imine (C=N–C) groups is 1. The predicted octanol–water partition coefficient (Wildman–Crippen LogP) is 3.53. The molecule has 1 heterocycles. The van der Waals surface area contributed by atoms with E-state index in [1.165, 1.54) is 0 Å². The highest BCUT2D eigenvalue weighted by molar-refractivity contribution is 14.0. The Bertz CT molecular complexity index is 863. The molecule has 0 aliphatic carbocycles. The normalized spacial score (nSPS) is 10.8. The number of benzene rings is 1. The number of nitrogens with one attached hydrogen (secondary N) is 3. The first-order valence-electron chi connectivity index (χ1n) is 9.20. The molecule has 10 heteroatoms. The zero-order chi connectivity index (χ0) is 21.2. The molecule has 0 bridgehead atoms. The van der Waals surface area contributed by atoms with E-state index in [-0.39, 0.29) is 29.9 Å². The smallest absolute Gasteiger partial charge is 0.253 e. The summed E-state index contributed by atoms with van der Waals surface area (Å²) in [5, 5.41) is 10.6. The second kappa shape index (κ2) is 13.5. The topological polar surface area (TPSA) is 81.6 Å². The molecule has 30 heavy (non-hydrogen) atoms. The first kappa shape index (κ1) is 26.3. The van der Waals surface area contributed by atoms with Gasteiger partial charge in [0.05, 0.1) is 10.0 Å². The molecule has 0 aliphatic heterocycles. The van der Waals surface area contributed by atoms with Crippen molar-refractivity contribution >= 4 is 64.9 Å². The largest absolute Gasteiger partial charge is 0.367 e. The van der Waals surface area contributed by atoms with E-state index in [1.54, 1.807) is 38.3 Å². The highest BCUT2D eigenvalue weighted by Gasteiger charge is 2.08. The van der Waals surface area contributed by atoms with E-state index in [4.69, 9.17) is 23.2 Å². The molecule has 1 aromatic carbocycles. The molecule has 3 N–H and O–H groups in total. The Hall–Kier alpha value is -1.78. The molecule has 2 rings (SSSR count). The second-order valence-corrected chi connectivity index (χ2v) is 7.33. The predicted molar refractivity (Wildman–Crippen MR) is 136 cm³/mol. The molecule has 7 nitrogen and oxygen atoms in total. The summed E-state index contributed by atoms with van der Waals surface area (Å²) in [6, 6.07) is 9.31. The summed E-state index contributed by atoms with van der Waals surface area (Å²) in [6.45, 7) is 1.94. The van der Waals surface area contributed by atoms with Crippen molar-refractivity contribution < 1.29 is 4.79 Å². The van der Waals surface area contributed by atoms with Crippen molar-refractivity contribution in [3.63, 3.8) is 0 Å². The van der Waals surface area contributed by atoms with Gasteiger partial charge in [-0.1, -0.05) is 35.3 Å². The van der Waals surface area contributed by atoms with Crippen molar-refractivity contribution in [2.24, 2.45) is 4.99 Å². The number of nitrogens with zero attached hydrogens (tertiary/aromatic N) is 3. The Morgan fingerprint density at radius 1 is 1.13 bits per heavy atom. The van der Waals surface area contributed by atoms with Crippen molar-refractivity contribution in [2.45, 2.75) is 6.42 Å². The SMILES string of the molecule is CN=C(NCCNc1ncc(Cl)cc1Cl)NCCc1cccc(C(=O)N(C)C)c1.I. The summed E-state index contributed by atoms with van der Waals surface area (Å²) in [5.74, 6) is 1.29. The quantitative estimate of drug-likeness (QED) is 0.198. The molecule has 0 unspecified atom stereocenters. The van der Waals surface area contributed by atoms with Crippen LogP contribution in [0.15, 0.2) is 41.5 Å². The van der Waals surface area contributed by atoms with Crippen molar-refractivity contribution in [2.75, 3.05) is 46.1 Å². The molecule has 0 saturated carbocycles. The summed E-state index contributed by atoms with van der Waals surface area (Å²) in [5.41, 5.74) is 1.78. The van der Waals surface area contributed by atoms with Crippen molar-refractivity contribution in [1.29, 1.82) is 0 Å². The van der Waals surface area contributed by atoms with E-state index in [0.717, 1.165) is 12.0 Å². The van der Waals surface area contributed by atoms with Gasteiger partial charge in [-0.3, -0.25) is 9.79 Å². The van der Waals surface area contributed by atoms with Crippen LogP contribution in [0.4, 0.5) is 5.82 Å². The fourth-order valence-electron chi connectivity index (χ4n) is 2.57. The van der Waals surface area contributed by atoms with E-state index in [1.807, 2.05) is 24.3 Å². The second-order valence-electron chi connectivity index (χ2n) is 6.49. The Balaban J connectivity index is 0.00000450. The van der Waals surface area contributed by atoms with Gasteiger partial charge in [0.25, 0.3) is 5.91 Å². The van der Waals surface area contributed by atoms with Crippen molar-refractivity contribution in [3.05, 3.63) is 57.7 Å². The minimum absolute atomic E-state index is 0. The highest BCUT2D eigenvalue weighted by Crippen LogP contribution is 2.21. The number of aromatic nitrogens is 1. The van der Waals surface area contributed by atoms with Gasteiger partial charge in [0.2, 0.25) is 0 Å². The minimum Gasteiger partial charge on any atom is -0.367 e. The third-order valence-corrected chi connectivity index (χ3v) is 4.52. The van der Waals surface area contributed by atoms with Crippen LogP contribution in [-0.4, -0.2) is 62.5 Å². The lowest BCUT2D eigenvalue weighted by atomic mass is 10.1. The number of anilines is 1. The zero-order valence-corrected chi connectivity index (χ0v) is 21.0. The van der Waals surface area contributed by atoms with Gasteiger partial charge in [-0.05, 0) is 30.2 Å². The average molecular weight is 565 g/mol. The van der Waals surface area contributed by atoms with Crippen molar-refractivity contribution in [3.8, 4) is 0 Å². The van der Waals surface area contributed by atoms with Crippen LogP contribution in [0.3, 0.4) is 0 Å². The number of guanidine groups is 1. The van der Waals surface area contributed by atoms with Gasteiger partial charge in [-0.25, -0.2) is 4.98 Å². The first-order chi connectivity index (χ1) is 13.9. The van der Waals surface area contributed by atoms with E-state index in [2.05, 4.69) is 25.9 Å². The van der Waals surface area contributed by atoms with Crippen molar-refractivity contribution in [1.82, 2.24) is 20.5 Å². The maximum atomic E-state index is 12.1. The molecule has 1 aromatic heterocycles. The first-order valence-corrected chi connectivity index (χ1v) is 9.96. The maximum Gasteiger partial charge on any atom is 0.253 e. The lowest BCUT2D eigenvalue weighted by Gasteiger charge is -2.14. The van der Waals surface area contributed by atoms with E-state index in [9.17, 15) is 4.79 Å². The van der Waals surface area contributed by atoms with Gasteiger partial charge in [-0.15, -0.1) is 24.0 Å². The number of pyridine rings is 1. The van der Waals surface area contributed by atoms with Crippen LogP contribution in [0.1, 0.15) is 15.9 Å². The summed E-state index contributed by atoms with van der Waals surface area (Å²) in [7, 11) is 5.22. The van der Waals surface area contributed by atoms with Gasteiger partial charge in [-0.2, -0.15) is 0 Å². The van der Waals surface area contributed by atoms with Gasteiger partial charge < -0.3 is 20.9 Å². The lowest BCUT2D eigenvalue weighted by Crippen LogP contribution is -2.40. The third-order valence-electron chi connectivity index (χ3n) is 4.03. The number of hydrogen-bond acceptors (Lipinski definition) is 4. The number of halogens is 3. The maximum absolute atomic E-state index is 12.1. The van der Waals surface area contributed by atoms with E-state index in [0.29, 0.717) is 47.0 Å². The monoisotopic (exact) mass is 564 g/mol.